The number of nitrogens with one attached hydrogen (secondary N) is 1. The van der Waals surface area contributed by atoms with E-state index >= 15 is 0 Å². The molecule has 1 saturated heterocycles. The van der Waals surface area contributed by atoms with Crippen LogP contribution in [0.2, 0.25) is 0 Å². The van der Waals surface area contributed by atoms with Crippen LogP contribution in [-0.4, -0.2) is 48.9 Å². The molecule has 0 atom stereocenters. The summed E-state index contributed by atoms with van der Waals surface area (Å²) in [5, 5.41) is 3.54. The number of nitrogens with two attached hydrogens (primary N) is 1. The Hall–Kier alpha value is -1.93. The van der Waals surface area contributed by atoms with Crippen LogP contribution in [0.15, 0.2) is 0 Å². The number of amides is 2. The first-order valence-corrected chi connectivity index (χ1v) is 10.4. The van der Waals surface area contributed by atoms with Crippen LogP contribution in [-0.2, 0) is 27.2 Å². The van der Waals surface area contributed by atoms with Crippen LogP contribution in [0.5, 0.6) is 0 Å². The van der Waals surface area contributed by atoms with E-state index in [0.717, 1.165) is 31.2 Å². The van der Waals surface area contributed by atoms with Gasteiger partial charge in [-0.15, -0.1) is 11.3 Å². The summed E-state index contributed by atoms with van der Waals surface area (Å²) in [7, 11) is 0. The molecule has 148 valence electrons. The molecule has 0 unspecified atom stereocenters. The topological polar surface area (TPSA) is 102 Å². The first kappa shape index (κ1) is 19.8. The molecule has 0 aromatic carbocycles. The number of fused-ring (bicyclic) bond motifs is 1. The second kappa shape index (κ2) is 8.84. The summed E-state index contributed by atoms with van der Waals surface area (Å²) in [5.74, 6) is -0.850. The molecule has 1 aromatic heterocycles. The van der Waals surface area contributed by atoms with Crippen LogP contribution in [0.4, 0.5) is 5.00 Å². The summed E-state index contributed by atoms with van der Waals surface area (Å²) in [5.41, 5.74) is 6.94. The Morgan fingerprint density at radius 1 is 1.22 bits per heavy atom. The molecule has 0 radical (unpaired) electrons. The number of carbonyl (C=O) groups excluding carboxylic acids is 3. The Kier molecular flexibility index (Phi) is 6.49. The van der Waals surface area contributed by atoms with Crippen molar-refractivity contribution in [3.63, 3.8) is 0 Å². The highest BCUT2D eigenvalue weighted by atomic mass is 32.1. The van der Waals surface area contributed by atoms with Crippen LogP contribution < -0.4 is 11.1 Å². The monoisotopic (exact) mass is 393 g/mol. The van der Waals surface area contributed by atoms with E-state index in [2.05, 4.69) is 5.32 Å². The zero-order valence-corrected chi connectivity index (χ0v) is 16.5. The summed E-state index contributed by atoms with van der Waals surface area (Å²) in [6.07, 6.45) is 5.34. The number of aryl methyl sites for hydroxylation is 1. The fourth-order valence-electron chi connectivity index (χ4n) is 3.82. The number of esters is 1. The van der Waals surface area contributed by atoms with Gasteiger partial charge in [-0.1, -0.05) is 0 Å². The quantitative estimate of drug-likeness (QED) is 0.719. The van der Waals surface area contributed by atoms with Gasteiger partial charge in [-0.3, -0.25) is 14.5 Å². The predicted molar refractivity (Wildman–Crippen MR) is 104 cm³/mol. The van der Waals surface area contributed by atoms with Crippen molar-refractivity contribution in [2.45, 2.75) is 45.4 Å². The van der Waals surface area contributed by atoms with Crippen molar-refractivity contribution in [2.24, 2.45) is 11.7 Å². The van der Waals surface area contributed by atoms with E-state index < -0.39 is 0 Å². The molecular formula is C19H27N3O4S. The van der Waals surface area contributed by atoms with Gasteiger partial charge >= 0.3 is 5.97 Å². The number of hydrogen-bond donors (Lipinski definition) is 2. The molecule has 0 saturated carbocycles. The number of thiophene rings is 1. The van der Waals surface area contributed by atoms with E-state index in [9.17, 15) is 14.4 Å². The minimum atomic E-state index is -0.352. The highest BCUT2D eigenvalue weighted by molar-refractivity contribution is 7.17. The maximum Gasteiger partial charge on any atom is 0.341 e. The number of rotatable bonds is 6. The van der Waals surface area contributed by atoms with Gasteiger partial charge in [0.05, 0.1) is 18.7 Å². The standard InChI is InChI=1S/C19H27N3O4S/c1-2-26-19(25)16-13-5-3-4-6-14(13)27-18(16)21-15(23)11-22-9-7-12(8-10-22)17(20)24/h12H,2-11H2,1H3,(H2,20,24)(H,21,23). The molecule has 8 heteroatoms. The third-order valence-electron chi connectivity index (χ3n) is 5.26. The molecule has 7 nitrogen and oxygen atoms in total. The molecule has 2 aliphatic rings. The van der Waals surface area contributed by atoms with Gasteiger partial charge in [0, 0.05) is 10.8 Å². The number of carbonyl (C=O) groups is 3. The lowest BCUT2D eigenvalue weighted by Crippen LogP contribution is -2.42. The third kappa shape index (κ3) is 4.68. The van der Waals surface area contributed by atoms with Gasteiger partial charge in [0.15, 0.2) is 0 Å². The molecule has 1 fully saturated rings. The first-order chi connectivity index (χ1) is 13.0. The van der Waals surface area contributed by atoms with Crippen molar-refractivity contribution in [1.29, 1.82) is 0 Å². The van der Waals surface area contributed by atoms with Crippen LogP contribution in [0.25, 0.3) is 0 Å². The fourth-order valence-corrected chi connectivity index (χ4v) is 5.11. The van der Waals surface area contributed by atoms with E-state index in [4.69, 9.17) is 10.5 Å². The van der Waals surface area contributed by atoms with Crippen molar-refractivity contribution in [3.05, 3.63) is 16.0 Å². The number of likely N-dealkylation sites (tertiary alicyclic amines) is 1. The summed E-state index contributed by atoms with van der Waals surface area (Å²) >= 11 is 1.50. The summed E-state index contributed by atoms with van der Waals surface area (Å²) in [4.78, 5) is 39.5. The maximum absolute atomic E-state index is 12.6. The summed E-state index contributed by atoms with van der Waals surface area (Å²) < 4.78 is 5.22. The normalized spacial score (nSPS) is 18.0. The van der Waals surface area contributed by atoms with Gasteiger partial charge in [-0.05, 0) is 64.1 Å². The van der Waals surface area contributed by atoms with Crippen LogP contribution in [0.3, 0.4) is 0 Å². The SMILES string of the molecule is CCOC(=O)c1c(NC(=O)CN2CCC(C(N)=O)CC2)sc2c1CCCC2. The van der Waals surface area contributed by atoms with Gasteiger partial charge in [0.2, 0.25) is 11.8 Å². The molecule has 0 spiro atoms. The van der Waals surface area contributed by atoms with Crippen molar-refractivity contribution >= 4 is 34.1 Å². The molecule has 2 amide bonds. The van der Waals surface area contributed by atoms with E-state index in [1.165, 1.54) is 16.2 Å². The van der Waals surface area contributed by atoms with E-state index in [1.807, 2.05) is 4.90 Å². The number of piperidine rings is 1. The van der Waals surface area contributed by atoms with Gasteiger partial charge in [-0.2, -0.15) is 0 Å². The van der Waals surface area contributed by atoms with Crippen LogP contribution >= 0.6 is 11.3 Å². The number of hydrogen-bond acceptors (Lipinski definition) is 6. The number of primary amides is 1. The first-order valence-electron chi connectivity index (χ1n) is 9.62. The zero-order valence-electron chi connectivity index (χ0n) is 15.7. The lowest BCUT2D eigenvalue weighted by molar-refractivity contribution is -0.123. The lowest BCUT2D eigenvalue weighted by Gasteiger charge is -2.29. The summed E-state index contributed by atoms with van der Waals surface area (Å²) in [6, 6.07) is 0. The Balaban J connectivity index is 1.66. The van der Waals surface area contributed by atoms with Gasteiger partial charge in [0.1, 0.15) is 5.00 Å². The maximum atomic E-state index is 12.6. The van der Waals surface area contributed by atoms with Crippen molar-refractivity contribution in [2.75, 3.05) is 31.6 Å². The Morgan fingerprint density at radius 3 is 2.59 bits per heavy atom. The van der Waals surface area contributed by atoms with E-state index in [-0.39, 0.29) is 30.2 Å². The van der Waals surface area contributed by atoms with Gasteiger partial charge in [-0.25, -0.2) is 4.79 Å². The summed E-state index contributed by atoms with van der Waals surface area (Å²) in [6.45, 7) is 3.69. The molecule has 0 bridgehead atoms. The second-order valence-corrected chi connectivity index (χ2v) is 8.24. The third-order valence-corrected chi connectivity index (χ3v) is 6.47. The van der Waals surface area contributed by atoms with Crippen molar-refractivity contribution in [3.8, 4) is 0 Å². The van der Waals surface area contributed by atoms with Crippen LogP contribution in [0, 0.1) is 5.92 Å². The minimum absolute atomic E-state index is 0.0938. The zero-order chi connectivity index (χ0) is 19.4. The Bertz CT molecular complexity index is 723. The fraction of sp³-hybridized carbons (Fsp3) is 0.632. The molecule has 2 heterocycles. The predicted octanol–water partition coefficient (Wildman–Crippen LogP) is 1.94. The smallest absolute Gasteiger partial charge is 0.341 e. The molecule has 1 aliphatic carbocycles. The van der Waals surface area contributed by atoms with E-state index in [1.54, 1.807) is 6.92 Å². The second-order valence-electron chi connectivity index (χ2n) is 7.14. The molecule has 3 rings (SSSR count). The minimum Gasteiger partial charge on any atom is -0.462 e. The van der Waals surface area contributed by atoms with Gasteiger partial charge < -0.3 is 15.8 Å². The van der Waals surface area contributed by atoms with Crippen molar-refractivity contribution < 1.29 is 19.1 Å². The highest BCUT2D eigenvalue weighted by Crippen LogP contribution is 2.38. The largest absolute Gasteiger partial charge is 0.462 e. The van der Waals surface area contributed by atoms with Crippen molar-refractivity contribution in [1.82, 2.24) is 4.90 Å². The number of nitrogens with zero attached hydrogens (tertiary/aromatic N) is 1. The number of anilines is 1. The Labute approximate surface area is 163 Å². The molecule has 1 aromatic rings. The molecule has 27 heavy (non-hydrogen) atoms. The average molecular weight is 394 g/mol. The lowest BCUT2D eigenvalue weighted by atomic mass is 9.95. The Morgan fingerprint density at radius 2 is 1.93 bits per heavy atom. The van der Waals surface area contributed by atoms with E-state index in [0.29, 0.717) is 43.1 Å². The van der Waals surface area contributed by atoms with Gasteiger partial charge in [0.25, 0.3) is 0 Å². The molecular weight excluding hydrogens is 366 g/mol. The van der Waals surface area contributed by atoms with Crippen LogP contribution in [0.1, 0.15) is 53.4 Å². The number of ether oxygens (including phenoxy) is 1. The molecule has 3 N–H and O–H groups in total. The average Bonchev–Trinajstić information content (AvgIpc) is 3.00. The highest BCUT2D eigenvalue weighted by Gasteiger charge is 2.28. The molecule has 1 aliphatic heterocycles.